The average molecular weight is 560 g/mol. The van der Waals surface area contributed by atoms with Crippen molar-refractivity contribution in [3.8, 4) is 0 Å². The van der Waals surface area contributed by atoms with E-state index in [9.17, 15) is 23.5 Å². The number of anilines is 1. The molecule has 1 saturated heterocycles. The van der Waals surface area contributed by atoms with Crippen LogP contribution >= 0.6 is 11.3 Å². The number of alkyl halides is 2. The van der Waals surface area contributed by atoms with Gasteiger partial charge in [-0.05, 0) is 55.2 Å². The number of carbonyl (C=O) groups excluding carboxylic acids is 2. The van der Waals surface area contributed by atoms with Crippen molar-refractivity contribution >= 4 is 40.1 Å². The molecule has 8 nitrogen and oxygen atoms in total. The fraction of sp³-hybridized carbons (Fsp3) is 0.464. The van der Waals surface area contributed by atoms with Crippen LogP contribution in [0.5, 0.6) is 0 Å². The molecular weight excluding hydrogens is 524 g/mol. The number of nitrogens with one attached hydrogen (secondary N) is 2. The van der Waals surface area contributed by atoms with Gasteiger partial charge < -0.3 is 19.9 Å². The molecule has 2 aromatic heterocycles. The molecule has 0 unspecified atom stereocenters. The number of fused-ring (bicyclic) bond motifs is 1. The van der Waals surface area contributed by atoms with Gasteiger partial charge in [0.1, 0.15) is 0 Å². The van der Waals surface area contributed by atoms with Crippen LogP contribution in [0, 0.1) is 5.41 Å². The number of aliphatic hydroxyl groups excluding tert-OH is 1. The Labute approximate surface area is 230 Å². The van der Waals surface area contributed by atoms with Crippen molar-refractivity contribution in [1.29, 1.82) is 0 Å². The molecule has 3 N–H and O–H groups in total. The van der Waals surface area contributed by atoms with Crippen LogP contribution in [0.4, 0.5) is 14.7 Å². The molecule has 3 heterocycles. The highest BCUT2D eigenvalue weighted by Gasteiger charge is 2.26. The molecular formula is C28H35F2N5O3S. The van der Waals surface area contributed by atoms with Crippen LogP contribution in [0.3, 0.4) is 0 Å². The van der Waals surface area contributed by atoms with E-state index < -0.39 is 12.3 Å². The molecule has 1 fully saturated rings. The second-order valence-corrected chi connectivity index (χ2v) is 11.7. The van der Waals surface area contributed by atoms with Crippen molar-refractivity contribution in [2.24, 2.45) is 5.41 Å². The Morgan fingerprint density at radius 3 is 2.74 bits per heavy atom. The van der Waals surface area contributed by atoms with E-state index in [2.05, 4.69) is 17.2 Å². The number of carbonyl (C=O) groups is 2. The van der Waals surface area contributed by atoms with Crippen LogP contribution in [0.2, 0.25) is 0 Å². The van der Waals surface area contributed by atoms with Crippen molar-refractivity contribution in [3.05, 3.63) is 58.3 Å². The lowest BCUT2D eigenvalue weighted by Gasteiger charge is -2.22. The third kappa shape index (κ3) is 6.90. The van der Waals surface area contributed by atoms with E-state index in [1.54, 1.807) is 4.90 Å². The summed E-state index contributed by atoms with van der Waals surface area (Å²) in [4.78, 5) is 31.8. The number of benzene rings is 1. The number of imidazole rings is 1. The molecule has 210 valence electrons. The van der Waals surface area contributed by atoms with E-state index in [1.807, 2.05) is 36.6 Å². The smallest absolute Gasteiger partial charge is 0.272 e. The van der Waals surface area contributed by atoms with E-state index >= 15 is 0 Å². The van der Waals surface area contributed by atoms with E-state index in [4.69, 9.17) is 4.98 Å². The van der Waals surface area contributed by atoms with Gasteiger partial charge in [0.05, 0.1) is 20.8 Å². The Morgan fingerprint density at radius 2 is 2.05 bits per heavy atom. The SMILES string of the molecule is C=CC(=O)N1CCC[C@@H](n2c(NC(=O)c3ccc(C(F)F)s3)nc3cc(CNCC(C)(C)CO)ccc32)CC1. The van der Waals surface area contributed by atoms with Crippen molar-refractivity contribution in [1.82, 2.24) is 19.8 Å². The number of nitrogens with zero attached hydrogens (tertiary/aromatic N) is 3. The lowest BCUT2D eigenvalue weighted by atomic mass is 9.95. The Kier molecular flexibility index (Phi) is 9.14. The summed E-state index contributed by atoms with van der Waals surface area (Å²) >= 11 is 0.763. The summed E-state index contributed by atoms with van der Waals surface area (Å²) in [6, 6.07) is 8.58. The number of thiophene rings is 1. The first-order valence-electron chi connectivity index (χ1n) is 13.0. The molecule has 0 spiro atoms. The van der Waals surface area contributed by atoms with Gasteiger partial charge in [0, 0.05) is 44.2 Å². The van der Waals surface area contributed by atoms with Crippen molar-refractivity contribution in [2.45, 2.75) is 52.1 Å². The summed E-state index contributed by atoms with van der Waals surface area (Å²) in [5.41, 5.74) is 2.31. The minimum atomic E-state index is -2.64. The predicted molar refractivity (Wildman–Crippen MR) is 149 cm³/mol. The van der Waals surface area contributed by atoms with E-state index in [-0.39, 0.29) is 33.7 Å². The van der Waals surface area contributed by atoms with Crippen LogP contribution in [0.15, 0.2) is 43.0 Å². The quantitative estimate of drug-likeness (QED) is 0.299. The summed E-state index contributed by atoms with van der Waals surface area (Å²) in [5, 5.41) is 15.7. The van der Waals surface area contributed by atoms with E-state index in [0.29, 0.717) is 44.1 Å². The maximum absolute atomic E-state index is 13.1. The van der Waals surface area contributed by atoms with Crippen LogP contribution in [0.1, 0.15) is 65.7 Å². The van der Waals surface area contributed by atoms with Gasteiger partial charge >= 0.3 is 0 Å². The molecule has 0 aliphatic carbocycles. The zero-order valence-corrected chi connectivity index (χ0v) is 23.1. The number of aromatic nitrogens is 2. The first kappa shape index (κ1) is 28.8. The van der Waals surface area contributed by atoms with Crippen molar-refractivity contribution in [2.75, 3.05) is 31.6 Å². The molecule has 1 aromatic carbocycles. The highest BCUT2D eigenvalue weighted by atomic mass is 32.1. The Bertz CT molecular complexity index is 1340. The Morgan fingerprint density at radius 1 is 1.26 bits per heavy atom. The molecule has 2 amide bonds. The number of rotatable bonds is 10. The summed E-state index contributed by atoms with van der Waals surface area (Å²) in [5.74, 6) is -0.246. The van der Waals surface area contributed by atoms with Crippen LogP contribution in [-0.2, 0) is 11.3 Å². The number of halogens is 2. The summed E-state index contributed by atoms with van der Waals surface area (Å²) in [7, 11) is 0. The second-order valence-electron chi connectivity index (χ2n) is 10.6. The second kappa shape index (κ2) is 12.4. The molecule has 1 atom stereocenters. The Balaban J connectivity index is 1.63. The summed E-state index contributed by atoms with van der Waals surface area (Å²) in [6.07, 6.45) is 0.918. The maximum Gasteiger partial charge on any atom is 0.272 e. The minimum Gasteiger partial charge on any atom is -0.396 e. The van der Waals surface area contributed by atoms with E-state index in [0.717, 1.165) is 35.3 Å². The van der Waals surface area contributed by atoms with Gasteiger partial charge in [-0.15, -0.1) is 11.3 Å². The lowest BCUT2D eigenvalue weighted by Crippen LogP contribution is -2.31. The fourth-order valence-electron chi connectivity index (χ4n) is 4.75. The van der Waals surface area contributed by atoms with Crippen LogP contribution in [0.25, 0.3) is 11.0 Å². The molecule has 1 aliphatic heterocycles. The number of amides is 2. The molecule has 4 rings (SSSR count). The monoisotopic (exact) mass is 559 g/mol. The molecule has 0 radical (unpaired) electrons. The van der Waals surface area contributed by atoms with E-state index in [1.165, 1.54) is 18.2 Å². The molecule has 0 saturated carbocycles. The number of hydrogen-bond donors (Lipinski definition) is 3. The maximum atomic E-state index is 13.1. The molecule has 1 aliphatic rings. The van der Waals surface area contributed by atoms with Gasteiger partial charge in [-0.25, -0.2) is 13.8 Å². The van der Waals surface area contributed by atoms with Crippen LogP contribution < -0.4 is 10.6 Å². The summed E-state index contributed by atoms with van der Waals surface area (Å²) < 4.78 is 28.2. The largest absolute Gasteiger partial charge is 0.396 e. The minimum absolute atomic E-state index is 0.0257. The number of hydrogen-bond acceptors (Lipinski definition) is 6. The highest BCUT2D eigenvalue weighted by Crippen LogP contribution is 2.33. The molecule has 11 heteroatoms. The standard InChI is InChI=1S/C28H35F2N5O3S/c1-4-24(37)34-12-5-6-19(11-13-34)35-21-8-7-18(15-31-16-28(2,3)17-36)14-20(21)32-27(35)33-26(38)23-10-9-22(39-23)25(29)30/h4,7-10,14,19,25,31,36H,1,5-6,11-13,15-17H2,2-3H3,(H,32,33,38)/t19-/m1/s1. The average Bonchev–Trinajstić information content (AvgIpc) is 3.46. The highest BCUT2D eigenvalue weighted by molar-refractivity contribution is 7.14. The van der Waals surface area contributed by atoms with Crippen molar-refractivity contribution < 1.29 is 23.5 Å². The zero-order valence-electron chi connectivity index (χ0n) is 22.3. The van der Waals surface area contributed by atoms with Crippen molar-refractivity contribution in [3.63, 3.8) is 0 Å². The molecule has 0 bridgehead atoms. The number of likely N-dealkylation sites (tertiary alicyclic amines) is 1. The first-order chi connectivity index (χ1) is 18.6. The van der Waals surface area contributed by atoms with Gasteiger partial charge in [0.15, 0.2) is 0 Å². The topological polar surface area (TPSA) is 99.5 Å². The predicted octanol–water partition coefficient (Wildman–Crippen LogP) is 5.14. The fourth-order valence-corrected chi connectivity index (χ4v) is 5.51. The van der Waals surface area contributed by atoms with Gasteiger partial charge in [0.25, 0.3) is 12.3 Å². The lowest BCUT2D eigenvalue weighted by molar-refractivity contribution is -0.125. The molecule has 39 heavy (non-hydrogen) atoms. The summed E-state index contributed by atoms with van der Waals surface area (Å²) in [6.45, 7) is 10.0. The van der Waals surface area contributed by atoms with Gasteiger partial charge in [-0.1, -0.05) is 26.5 Å². The normalized spacial score (nSPS) is 16.5. The third-order valence-corrected chi connectivity index (χ3v) is 8.05. The van der Waals surface area contributed by atoms with Gasteiger partial charge in [-0.2, -0.15) is 0 Å². The van der Waals surface area contributed by atoms with Gasteiger partial charge in [0.2, 0.25) is 11.9 Å². The third-order valence-electron chi connectivity index (χ3n) is 6.95. The molecule has 3 aromatic rings. The van der Waals surface area contributed by atoms with Gasteiger partial charge in [-0.3, -0.25) is 14.9 Å². The zero-order chi connectivity index (χ0) is 28.2. The first-order valence-corrected chi connectivity index (χ1v) is 13.9. The number of aliphatic hydroxyl groups is 1. The Hall–Kier alpha value is -3.15. The van der Waals surface area contributed by atoms with Crippen LogP contribution in [-0.4, -0.2) is 57.6 Å².